The molecule has 12 heteroatoms. The van der Waals surface area contributed by atoms with Crippen LogP contribution in [0.1, 0.15) is 21.6 Å². The Morgan fingerprint density at radius 3 is 2.29 bits per heavy atom. The van der Waals surface area contributed by atoms with Crippen LogP contribution in [0.4, 0.5) is 11.4 Å². The largest absolute Gasteiger partial charge is 0.423 e. The quantitative estimate of drug-likeness (QED) is 0.262. The van der Waals surface area contributed by atoms with Gasteiger partial charge in [0.1, 0.15) is 11.4 Å². The van der Waals surface area contributed by atoms with Gasteiger partial charge in [0.05, 0.1) is 15.4 Å². The maximum absolute atomic E-state index is 12.2. The number of ether oxygens (including phenoxy) is 1. The summed E-state index contributed by atoms with van der Waals surface area (Å²) in [5, 5.41) is 21.7. The molecule has 3 rings (SSSR count). The summed E-state index contributed by atoms with van der Waals surface area (Å²) in [6.07, 6.45) is 2.55. The van der Waals surface area contributed by atoms with Gasteiger partial charge in [-0.1, -0.05) is 18.2 Å². The van der Waals surface area contributed by atoms with Crippen LogP contribution in [0.15, 0.2) is 58.1 Å². The van der Waals surface area contributed by atoms with Crippen molar-refractivity contribution in [1.29, 1.82) is 0 Å². The van der Waals surface area contributed by atoms with Gasteiger partial charge < -0.3 is 9.72 Å². The van der Waals surface area contributed by atoms with E-state index in [1.54, 1.807) is 17.1 Å². The van der Waals surface area contributed by atoms with Crippen molar-refractivity contribution in [2.24, 2.45) is 0 Å². The summed E-state index contributed by atoms with van der Waals surface area (Å²) >= 11 is 0. The normalized spacial score (nSPS) is 10.7. The molecule has 1 aromatic heterocycles. The lowest BCUT2D eigenvalue weighted by Gasteiger charge is -2.05. The van der Waals surface area contributed by atoms with Crippen molar-refractivity contribution in [1.82, 2.24) is 9.97 Å². The zero-order chi connectivity index (χ0) is 22.5. The van der Waals surface area contributed by atoms with Crippen molar-refractivity contribution in [3.63, 3.8) is 0 Å². The number of aromatic amines is 2. The van der Waals surface area contributed by atoms with Crippen LogP contribution < -0.4 is 16.0 Å². The van der Waals surface area contributed by atoms with Crippen LogP contribution in [-0.2, 0) is 0 Å². The molecule has 1 heterocycles. The first kappa shape index (κ1) is 20.9. The molecule has 0 aliphatic rings. The fourth-order valence-corrected chi connectivity index (χ4v) is 2.55. The fraction of sp³-hybridized carbons (Fsp3) is 0. The number of esters is 1. The van der Waals surface area contributed by atoms with E-state index >= 15 is 0 Å². The number of aromatic nitrogens is 2. The van der Waals surface area contributed by atoms with E-state index in [4.69, 9.17) is 4.74 Å². The van der Waals surface area contributed by atoms with E-state index in [9.17, 15) is 34.6 Å². The van der Waals surface area contributed by atoms with E-state index in [1.807, 2.05) is 0 Å². The van der Waals surface area contributed by atoms with Crippen molar-refractivity contribution < 1.29 is 19.4 Å². The summed E-state index contributed by atoms with van der Waals surface area (Å²) in [5.41, 5.74) is -2.79. The van der Waals surface area contributed by atoms with Crippen LogP contribution >= 0.6 is 0 Å². The molecule has 0 saturated heterocycles. The Morgan fingerprint density at radius 2 is 1.65 bits per heavy atom. The van der Waals surface area contributed by atoms with Gasteiger partial charge in [-0.15, -0.1) is 0 Å². The first-order valence-corrected chi connectivity index (χ1v) is 8.50. The van der Waals surface area contributed by atoms with Gasteiger partial charge in [0, 0.05) is 12.1 Å². The lowest BCUT2D eigenvalue weighted by molar-refractivity contribution is -0.386. The van der Waals surface area contributed by atoms with Crippen molar-refractivity contribution in [3.8, 4) is 5.75 Å². The maximum atomic E-state index is 12.2. The van der Waals surface area contributed by atoms with Crippen molar-refractivity contribution in [3.05, 3.63) is 106 Å². The van der Waals surface area contributed by atoms with E-state index in [2.05, 4.69) is 4.98 Å². The molecule has 0 radical (unpaired) electrons. The Bertz CT molecular complexity index is 1320. The molecule has 0 saturated carbocycles. The van der Waals surface area contributed by atoms with Gasteiger partial charge in [0.25, 0.3) is 5.69 Å². The van der Waals surface area contributed by atoms with Gasteiger partial charge in [-0.3, -0.25) is 30.0 Å². The Labute approximate surface area is 171 Å². The smallest absolute Gasteiger partial charge is 0.357 e. The zero-order valence-electron chi connectivity index (χ0n) is 15.4. The second-order valence-corrected chi connectivity index (χ2v) is 6.03. The first-order chi connectivity index (χ1) is 14.7. The summed E-state index contributed by atoms with van der Waals surface area (Å²) in [6, 6.07) is 10.9. The number of nitrogens with zero attached hydrogens (tertiary/aromatic N) is 2. The van der Waals surface area contributed by atoms with Crippen LogP contribution in [0.25, 0.3) is 12.2 Å². The summed E-state index contributed by atoms with van der Waals surface area (Å²) < 4.78 is 5.23. The lowest BCUT2D eigenvalue weighted by atomic mass is 10.1. The van der Waals surface area contributed by atoms with Gasteiger partial charge in [0.15, 0.2) is 0 Å². The third kappa shape index (κ3) is 4.95. The average Bonchev–Trinajstić information content (AvgIpc) is 2.71. The molecule has 0 fully saturated rings. The molecular formula is C19H12N4O8. The first-order valence-electron chi connectivity index (χ1n) is 8.50. The number of nitrogens with one attached hydrogen (secondary N) is 2. The minimum Gasteiger partial charge on any atom is -0.423 e. The molecule has 2 N–H and O–H groups in total. The van der Waals surface area contributed by atoms with Gasteiger partial charge in [0.2, 0.25) is 0 Å². The van der Waals surface area contributed by atoms with E-state index in [0.29, 0.717) is 5.56 Å². The van der Waals surface area contributed by atoms with Gasteiger partial charge in [-0.2, -0.15) is 0 Å². The van der Waals surface area contributed by atoms with Gasteiger partial charge in [-0.25, -0.2) is 9.59 Å². The van der Waals surface area contributed by atoms with E-state index in [-0.39, 0.29) is 22.7 Å². The number of H-pyrrole nitrogens is 2. The van der Waals surface area contributed by atoms with Crippen molar-refractivity contribution in [2.45, 2.75) is 0 Å². The fourth-order valence-electron chi connectivity index (χ4n) is 2.55. The molecule has 0 atom stereocenters. The number of hydrogen-bond donors (Lipinski definition) is 2. The predicted octanol–water partition coefficient (Wildman–Crippen LogP) is 2.27. The Balaban J connectivity index is 1.82. The van der Waals surface area contributed by atoms with E-state index < -0.39 is 32.8 Å². The molecule has 12 nitrogen and oxygen atoms in total. The van der Waals surface area contributed by atoms with Crippen LogP contribution in [0.3, 0.4) is 0 Å². The minimum atomic E-state index is -1.14. The maximum Gasteiger partial charge on any atom is 0.357 e. The van der Waals surface area contributed by atoms with Crippen LogP contribution in [0.2, 0.25) is 0 Å². The molecule has 0 aliphatic carbocycles. The Kier molecular flexibility index (Phi) is 5.82. The van der Waals surface area contributed by atoms with Gasteiger partial charge >= 0.3 is 22.9 Å². The summed E-state index contributed by atoms with van der Waals surface area (Å²) in [6.45, 7) is 0. The second kappa shape index (κ2) is 8.65. The number of rotatable bonds is 6. The van der Waals surface area contributed by atoms with Gasteiger partial charge in [-0.05, 0) is 35.9 Å². The lowest BCUT2D eigenvalue weighted by Crippen LogP contribution is -2.25. The number of carbonyl (C=O) groups excluding carboxylic acids is 1. The number of benzene rings is 2. The number of nitro groups is 2. The number of non-ortho nitro benzene ring substituents is 1. The minimum absolute atomic E-state index is 0.100. The van der Waals surface area contributed by atoms with Crippen LogP contribution in [0.5, 0.6) is 5.75 Å². The highest BCUT2D eigenvalue weighted by molar-refractivity contribution is 5.91. The number of nitro benzene ring substituents is 1. The highest BCUT2D eigenvalue weighted by Crippen LogP contribution is 2.19. The molecule has 2 aromatic carbocycles. The Hall–Kier alpha value is -4.87. The SMILES string of the molecule is O=C(Oc1cccc(C=Cc2[nH]c(=O)[nH]c(=O)c2[N+](=O)[O-])c1)c1ccc([N+](=O)[O-])cc1. The molecule has 0 aliphatic heterocycles. The van der Waals surface area contributed by atoms with Crippen molar-refractivity contribution >= 4 is 29.5 Å². The Morgan fingerprint density at radius 1 is 0.935 bits per heavy atom. The molecular weight excluding hydrogens is 412 g/mol. The molecule has 0 spiro atoms. The number of hydrogen-bond acceptors (Lipinski definition) is 8. The van der Waals surface area contributed by atoms with E-state index in [0.717, 1.165) is 0 Å². The molecule has 156 valence electrons. The molecule has 3 aromatic rings. The predicted molar refractivity (Wildman–Crippen MR) is 108 cm³/mol. The zero-order valence-corrected chi connectivity index (χ0v) is 15.4. The highest BCUT2D eigenvalue weighted by Gasteiger charge is 2.18. The van der Waals surface area contributed by atoms with E-state index in [1.165, 1.54) is 48.6 Å². The van der Waals surface area contributed by atoms with Crippen LogP contribution in [-0.4, -0.2) is 25.8 Å². The number of carbonyl (C=O) groups is 1. The second-order valence-electron chi connectivity index (χ2n) is 6.03. The molecule has 31 heavy (non-hydrogen) atoms. The third-order valence-corrected chi connectivity index (χ3v) is 3.95. The highest BCUT2D eigenvalue weighted by atomic mass is 16.6. The molecule has 0 bridgehead atoms. The van der Waals surface area contributed by atoms with Crippen molar-refractivity contribution in [2.75, 3.05) is 0 Å². The summed E-state index contributed by atoms with van der Waals surface area (Å²) in [4.78, 5) is 59.4. The monoisotopic (exact) mass is 424 g/mol. The topological polar surface area (TPSA) is 178 Å². The summed E-state index contributed by atoms with van der Waals surface area (Å²) in [5.74, 6) is -0.606. The summed E-state index contributed by atoms with van der Waals surface area (Å²) in [7, 11) is 0. The van der Waals surface area contributed by atoms with Crippen LogP contribution in [0, 0.1) is 20.2 Å². The third-order valence-electron chi connectivity index (χ3n) is 3.95. The average molecular weight is 424 g/mol. The standard InChI is InChI=1S/C19H12N4O8/c24-17-16(23(29)30)15(20-19(26)21-17)9-4-11-2-1-3-14(10-11)31-18(25)12-5-7-13(8-6-12)22(27)28/h1-10H,(H2,20,21,24,26). The molecule has 0 unspecified atom stereocenters. The molecule has 0 amide bonds.